The van der Waals surface area contributed by atoms with Gasteiger partial charge in [-0.15, -0.1) is 11.3 Å². The topological polar surface area (TPSA) is 81.2 Å². The Morgan fingerprint density at radius 2 is 2.27 bits per heavy atom. The summed E-state index contributed by atoms with van der Waals surface area (Å²) in [4.78, 5) is 32.1. The van der Waals surface area contributed by atoms with Crippen LogP contribution in [0.1, 0.15) is 16.6 Å². The molecule has 0 saturated carbocycles. The lowest BCUT2D eigenvalue weighted by Crippen LogP contribution is -2.42. The summed E-state index contributed by atoms with van der Waals surface area (Å²) in [5.41, 5.74) is 0.772. The summed E-state index contributed by atoms with van der Waals surface area (Å²) in [7, 11) is 1.46. The van der Waals surface area contributed by atoms with Gasteiger partial charge in [0.1, 0.15) is 15.9 Å². The Bertz CT molecular complexity index is 675. The number of carbonyl (C=O) groups excluding carboxylic acids is 2. The molecule has 22 heavy (non-hydrogen) atoms. The fraction of sp³-hybridized carbons (Fsp3) is 0.286. The molecule has 0 aliphatic rings. The van der Waals surface area contributed by atoms with Crippen molar-refractivity contribution in [3.8, 4) is 10.6 Å². The number of hydrogen-bond acceptors (Lipinski definition) is 6. The zero-order chi connectivity index (χ0) is 16.1. The molecule has 0 aromatic carbocycles. The molecule has 0 spiro atoms. The van der Waals surface area contributed by atoms with Crippen molar-refractivity contribution in [1.82, 2.24) is 15.3 Å². The fourth-order valence-electron chi connectivity index (χ4n) is 1.71. The second-order valence-corrected chi connectivity index (χ2v) is 5.83. The van der Waals surface area contributed by atoms with Gasteiger partial charge in [0.05, 0.1) is 6.61 Å². The highest BCUT2D eigenvalue weighted by atomic mass is 35.5. The Hall–Kier alpha value is -1.83. The van der Waals surface area contributed by atoms with Crippen LogP contribution in [-0.2, 0) is 9.53 Å². The number of nitrogens with one attached hydrogen (secondary N) is 1. The Balaban J connectivity index is 2.20. The summed E-state index contributed by atoms with van der Waals surface area (Å²) < 4.78 is 4.92. The number of pyridine rings is 1. The summed E-state index contributed by atoms with van der Waals surface area (Å²) in [6.45, 7) is 1.49. The van der Waals surface area contributed by atoms with E-state index in [1.54, 1.807) is 18.5 Å². The monoisotopic (exact) mass is 339 g/mol. The van der Waals surface area contributed by atoms with Crippen LogP contribution in [0.3, 0.4) is 0 Å². The first kappa shape index (κ1) is 16.5. The van der Waals surface area contributed by atoms with Gasteiger partial charge in [-0.05, 0) is 19.1 Å². The molecule has 1 atom stereocenters. The van der Waals surface area contributed by atoms with E-state index >= 15 is 0 Å². The first-order chi connectivity index (χ1) is 10.5. The van der Waals surface area contributed by atoms with E-state index in [4.69, 9.17) is 16.3 Å². The quantitative estimate of drug-likeness (QED) is 0.872. The minimum absolute atomic E-state index is 0.0982. The maximum absolute atomic E-state index is 12.3. The molecule has 2 aromatic rings. The van der Waals surface area contributed by atoms with E-state index in [-0.39, 0.29) is 22.4 Å². The van der Waals surface area contributed by atoms with Crippen LogP contribution < -0.4 is 5.32 Å². The van der Waals surface area contributed by atoms with Gasteiger partial charge >= 0.3 is 0 Å². The predicted molar refractivity (Wildman–Crippen MR) is 84.2 cm³/mol. The number of amides is 1. The summed E-state index contributed by atoms with van der Waals surface area (Å²) in [6.07, 6.45) is 3.29. The maximum Gasteiger partial charge on any atom is 0.265 e. The number of rotatable bonds is 6. The third-order valence-corrected chi connectivity index (χ3v) is 4.32. The molecule has 0 aliphatic heterocycles. The number of hydrogen-bond donors (Lipinski definition) is 1. The number of aromatic nitrogens is 2. The lowest BCUT2D eigenvalue weighted by molar-refractivity contribution is -0.119. The number of halogens is 1. The Morgan fingerprint density at radius 3 is 2.86 bits per heavy atom. The van der Waals surface area contributed by atoms with E-state index in [1.807, 2.05) is 6.07 Å². The normalized spacial score (nSPS) is 12.0. The first-order valence-corrected chi connectivity index (χ1v) is 7.59. The van der Waals surface area contributed by atoms with Crippen LogP contribution in [0.4, 0.5) is 0 Å². The van der Waals surface area contributed by atoms with Gasteiger partial charge in [0, 0.05) is 25.1 Å². The van der Waals surface area contributed by atoms with E-state index < -0.39 is 11.9 Å². The minimum atomic E-state index is -0.711. The van der Waals surface area contributed by atoms with Crippen LogP contribution in [0.2, 0.25) is 5.15 Å². The highest BCUT2D eigenvalue weighted by molar-refractivity contribution is 7.17. The largest absolute Gasteiger partial charge is 0.382 e. The lowest BCUT2D eigenvalue weighted by atomic mass is 10.2. The molecule has 116 valence electrons. The Labute approximate surface area is 136 Å². The van der Waals surface area contributed by atoms with Crippen molar-refractivity contribution in [2.75, 3.05) is 13.7 Å². The SMILES string of the molecule is COCC(NC(=O)c1sc(-c2cccnc2)nc1Cl)C(C)=O. The van der Waals surface area contributed by atoms with Crippen molar-refractivity contribution in [3.05, 3.63) is 34.6 Å². The van der Waals surface area contributed by atoms with Crippen LogP contribution >= 0.6 is 22.9 Å². The molecule has 6 nitrogen and oxygen atoms in total. The molecule has 2 aromatic heterocycles. The lowest BCUT2D eigenvalue weighted by Gasteiger charge is -2.13. The first-order valence-electron chi connectivity index (χ1n) is 6.40. The number of Topliss-reactive ketones (excluding diaryl/α,β-unsaturated/α-hetero) is 1. The number of methoxy groups -OCH3 is 1. The average Bonchev–Trinajstić information content (AvgIpc) is 2.89. The molecule has 2 rings (SSSR count). The summed E-state index contributed by atoms with van der Waals surface area (Å²) in [5, 5.41) is 3.29. The van der Waals surface area contributed by atoms with E-state index in [0.717, 1.165) is 16.9 Å². The van der Waals surface area contributed by atoms with Crippen molar-refractivity contribution >= 4 is 34.6 Å². The molecule has 1 unspecified atom stereocenters. The molecule has 1 amide bonds. The molecule has 2 heterocycles. The van der Waals surface area contributed by atoms with Crippen molar-refractivity contribution < 1.29 is 14.3 Å². The second-order valence-electron chi connectivity index (χ2n) is 4.47. The molecule has 1 N–H and O–H groups in total. The van der Waals surface area contributed by atoms with Crippen LogP contribution in [0.15, 0.2) is 24.5 Å². The number of thiazole rings is 1. The highest BCUT2D eigenvalue weighted by Gasteiger charge is 2.22. The Morgan fingerprint density at radius 1 is 1.50 bits per heavy atom. The van der Waals surface area contributed by atoms with Gasteiger partial charge in [-0.2, -0.15) is 0 Å². The van der Waals surface area contributed by atoms with E-state index in [9.17, 15) is 9.59 Å². The van der Waals surface area contributed by atoms with Gasteiger partial charge in [-0.3, -0.25) is 14.6 Å². The predicted octanol–water partition coefficient (Wildman–Crippen LogP) is 2.19. The number of nitrogens with zero attached hydrogens (tertiary/aromatic N) is 2. The smallest absolute Gasteiger partial charge is 0.265 e. The molecule has 0 fully saturated rings. The third kappa shape index (κ3) is 3.88. The van der Waals surface area contributed by atoms with Crippen molar-refractivity contribution in [2.24, 2.45) is 0 Å². The molecule has 0 bridgehead atoms. The van der Waals surface area contributed by atoms with Gasteiger partial charge in [-0.1, -0.05) is 11.6 Å². The van der Waals surface area contributed by atoms with Gasteiger partial charge in [0.2, 0.25) is 0 Å². The molecule has 0 aliphatic carbocycles. The number of ether oxygens (including phenoxy) is 1. The molecular formula is C14H14ClN3O3S. The molecule has 8 heteroatoms. The zero-order valence-electron chi connectivity index (χ0n) is 12.0. The third-order valence-electron chi connectivity index (χ3n) is 2.83. The van der Waals surface area contributed by atoms with Gasteiger partial charge in [0.25, 0.3) is 5.91 Å². The summed E-state index contributed by atoms with van der Waals surface area (Å²) in [6, 6.07) is 2.89. The van der Waals surface area contributed by atoms with Crippen molar-refractivity contribution in [1.29, 1.82) is 0 Å². The molecular weight excluding hydrogens is 326 g/mol. The average molecular weight is 340 g/mol. The Kier molecular flexibility index (Phi) is 5.59. The maximum atomic E-state index is 12.3. The minimum Gasteiger partial charge on any atom is -0.382 e. The number of carbonyl (C=O) groups is 2. The van der Waals surface area contributed by atoms with E-state index in [1.165, 1.54) is 14.0 Å². The van der Waals surface area contributed by atoms with Crippen LogP contribution in [0.5, 0.6) is 0 Å². The van der Waals surface area contributed by atoms with Gasteiger partial charge in [-0.25, -0.2) is 4.98 Å². The zero-order valence-corrected chi connectivity index (χ0v) is 13.6. The standard InChI is InChI=1S/C14H14ClN3O3S/c1-8(19)10(7-21-2)17-13(20)11-12(15)18-14(22-11)9-4-3-5-16-6-9/h3-6,10H,7H2,1-2H3,(H,17,20). The van der Waals surface area contributed by atoms with Crippen molar-refractivity contribution in [2.45, 2.75) is 13.0 Å². The van der Waals surface area contributed by atoms with E-state index in [2.05, 4.69) is 15.3 Å². The van der Waals surface area contributed by atoms with Crippen LogP contribution in [-0.4, -0.2) is 41.4 Å². The second kappa shape index (κ2) is 7.44. The summed E-state index contributed by atoms with van der Waals surface area (Å²) >= 11 is 7.18. The van der Waals surface area contributed by atoms with Crippen LogP contribution in [0, 0.1) is 0 Å². The molecule has 0 saturated heterocycles. The van der Waals surface area contributed by atoms with Crippen LogP contribution in [0.25, 0.3) is 10.6 Å². The van der Waals surface area contributed by atoms with Crippen molar-refractivity contribution in [3.63, 3.8) is 0 Å². The fourth-order valence-corrected chi connectivity index (χ4v) is 2.89. The highest BCUT2D eigenvalue weighted by Crippen LogP contribution is 2.30. The number of ketones is 1. The van der Waals surface area contributed by atoms with Gasteiger partial charge < -0.3 is 10.1 Å². The molecule has 0 radical (unpaired) electrons. The van der Waals surface area contributed by atoms with E-state index in [0.29, 0.717) is 5.01 Å². The van der Waals surface area contributed by atoms with Gasteiger partial charge in [0.15, 0.2) is 10.9 Å². The summed E-state index contributed by atoms with van der Waals surface area (Å²) in [5.74, 6) is -0.641.